The Bertz CT molecular complexity index is 872. The van der Waals surface area contributed by atoms with Gasteiger partial charge < -0.3 is 0 Å². The average Bonchev–Trinajstić information content (AvgIpc) is 3.02. The largest absolute Gasteiger partial charge is 0.295 e. The van der Waals surface area contributed by atoms with Crippen LogP contribution in [0.15, 0.2) is 47.4 Å². The Morgan fingerprint density at radius 2 is 1.88 bits per heavy atom. The van der Waals surface area contributed by atoms with Crippen LogP contribution in [0.25, 0.3) is 0 Å². The molecule has 0 fully saturated rings. The van der Waals surface area contributed by atoms with E-state index in [1.165, 1.54) is 36.6 Å². The second kappa shape index (κ2) is 6.87. The summed E-state index contributed by atoms with van der Waals surface area (Å²) < 4.78 is 27.3. The van der Waals surface area contributed by atoms with Gasteiger partial charge in [0.05, 0.1) is 4.90 Å². The zero-order valence-electron chi connectivity index (χ0n) is 13.7. The minimum Gasteiger partial charge on any atom is -0.295 e. The van der Waals surface area contributed by atoms with Gasteiger partial charge in [-0.25, -0.2) is 13.1 Å². The molecule has 0 aromatic heterocycles. The highest BCUT2D eigenvalue weighted by Gasteiger charge is 2.15. The summed E-state index contributed by atoms with van der Waals surface area (Å²) >= 11 is 0. The number of benzene rings is 2. The lowest BCUT2D eigenvalue weighted by atomic mass is 10.0. The molecule has 3 rings (SSSR count). The van der Waals surface area contributed by atoms with Crippen molar-refractivity contribution in [2.24, 2.45) is 0 Å². The fraction of sp³-hybridized carbons (Fsp3) is 0.316. The summed E-state index contributed by atoms with van der Waals surface area (Å²) in [4.78, 5) is 11.5. The van der Waals surface area contributed by atoms with Gasteiger partial charge in [-0.2, -0.15) is 0 Å². The van der Waals surface area contributed by atoms with Gasteiger partial charge in [-0.05, 0) is 61.4 Å². The summed E-state index contributed by atoms with van der Waals surface area (Å²) in [6.45, 7) is 1.76. The molecule has 1 aliphatic carbocycles. The first kappa shape index (κ1) is 16.9. The smallest absolute Gasteiger partial charge is 0.240 e. The van der Waals surface area contributed by atoms with Crippen molar-refractivity contribution in [2.45, 2.75) is 37.5 Å². The number of nitrogens with one attached hydrogen (secondary N) is 1. The molecule has 0 atom stereocenters. The monoisotopic (exact) mass is 343 g/mol. The van der Waals surface area contributed by atoms with Crippen LogP contribution >= 0.6 is 0 Å². The van der Waals surface area contributed by atoms with E-state index in [2.05, 4.69) is 22.9 Å². The molecule has 1 N–H and O–H groups in total. The molecule has 0 bridgehead atoms. The standard InChI is InChI=1S/C19H21NO3S/c1-14(21)17-5-3-7-19(13-17)24(22,23)20-11-10-15-8-9-16-4-2-6-18(16)12-15/h3,5,7-9,12-13,20H,2,4,6,10-11H2,1H3. The Balaban J connectivity index is 1.65. The molecule has 0 spiro atoms. The first-order chi connectivity index (χ1) is 11.5. The summed E-state index contributed by atoms with van der Waals surface area (Å²) in [5.74, 6) is -0.148. The number of carbonyl (C=O) groups excluding carboxylic acids is 1. The van der Waals surface area contributed by atoms with Crippen molar-refractivity contribution in [3.8, 4) is 0 Å². The summed E-state index contributed by atoms with van der Waals surface area (Å²) in [5.41, 5.74) is 4.36. The number of carbonyl (C=O) groups is 1. The minimum absolute atomic E-state index is 0.129. The summed E-state index contributed by atoms with van der Waals surface area (Å²) in [6.07, 6.45) is 4.12. The molecule has 4 nitrogen and oxygen atoms in total. The summed E-state index contributed by atoms with van der Waals surface area (Å²) in [6, 6.07) is 12.5. The predicted octanol–water partition coefficient (Wildman–Crippen LogP) is 2.90. The number of Topliss-reactive ketones (excluding diaryl/α,β-unsaturated/α-hetero) is 1. The van der Waals surface area contributed by atoms with Crippen molar-refractivity contribution in [2.75, 3.05) is 6.54 Å². The van der Waals surface area contributed by atoms with Crippen molar-refractivity contribution in [3.63, 3.8) is 0 Å². The lowest BCUT2D eigenvalue weighted by Gasteiger charge is -2.09. The zero-order valence-corrected chi connectivity index (χ0v) is 14.5. The number of ketones is 1. The third-order valence-corrected chi connectivity index (χ3v) is 5.88. The highest BCUT2D eigenvalue weighted by Crippen LogP contribution is 2.23. The molecular weight excluding hydrogens is 322 g/mol. The highest BCUT2D eigenvalue weighted by atomic mass is 32.2. The van der Waals surface area contributed by atoms with E-state index in [9.17, 15) is 13.2 Å². The second-order valence-electron chi connectivity index (χ2n) is 6.19. The van der Waals surface area contributed by atoms with E-state index in [0.29, 0.717) is 18.5 Å². The quantitative estimate of drug-likeness (QED) is 0.820. The molecule has 0 saturated heterocycles. The maximum atomic E-state index is 12.4. The Labute approximate surface area is 143 Å². The van der Waals surface area contributed by atoms with E-state index >= 15 is 0 Å². The number of aryl methyl sites for hydroxylation is 2. The molecule has 0 amide bonds. The van der Waals surface area contributed by atoms with Gasteiger partial charge in [-0.3, -0.25) is 4.79 Å². The van der Waals surface area contributed by atoms with Crippen LogP contribution < -0.4 is 4.72 Å². The van der Waals surface area contributed by atoms with Crippen molar-refractivity contribution < 1.29 is 13.2 Å². The maximum absolute atomic E-state index is 12.4. The molecule has 1 aliphatic rings. The van der Waals surface area contributed by atoms with Gasteiger partial charge >= 0.3 is 0 Å². The Hall–Kier alpha value is -1.98. The molecule has 2 aromatic rings. The van der Waals surface area contributed by atoms with Crippen molar-refractivity contribution in [1.29, 1.82) is 0 Å². The van der Waals surface area contributed by atoms with Crippen LogP contribution in [0.5, 0.6) is 0 Å². The van der Waals surface area contributed by atoms with Crippen LogP contribution in [-0.4, -0.2) is 20.7 Å². The SMILES string of the molecule is CC(=O)c1cccc(S(=O)(=O)NCCc2ccc3c(c2)CCC3)c1. The van der Waals surface area contributed by atoms with E-state index in [0.717, 1.165) is 18.4 Å². The molecule has 2 aromatic carbocycles. The van der Waals surface area contributed by atoms with Gasteiger partial charge in [-0.15, -0.1) is 0 Å². The Kier molecular flexibility index (Phi) is 4.83. The van der Waals surface area contributed by atoms with Crippen LogP contribution in [0.3, 0.4) is 0 Å². The van der Waals surface area contributed by atoms with E-state index < -0.39 is 10.0 Å². The predicted molar refractivity (Wildman–Crippen MR) is 93.8 cm³/mol. The number of rotatable bonds is 6. The normalized spacial score (nSPS) is 13.7. The van der Waals surface area contributed by atoms with E-state index in [1.807, 2.05) is 0 Å². The summed E-state index contributed by atoms with van der Waals surface area (Å²) in [5, 5.41) is 0. The van der Waals surface area contributed by atoms with Gasteiger partial charge in [0.25, 0.3) is 0 Å². The number of fused-ring (bicyclic) bond motifs is 1. The van der Waals surface area contributed by atoms with E-state index in [4.69, 9.17) is 0 Å². The number of sulfonamides is 1. The molecule has 0 heterocycles. The van der Waals surface area contributed by atoms with Gasteiger partial charge in [-0.1, -0.05) is 30.3 Å². The van der Waals surface area contributed by atoms with Gasteiger partial charge in [0.1, 0.15) is 0 Å². The van der Waals surface area contributed by atoms with Gasteiger partial charge in [0.2, 0.25) is 10.0 Å². The fourth-order valence-corrected chi connectivity index (χ4v) is 4.15. The van der Waals surface area contributed by atoms with Crippen molar-refractivity contribution >= 4 is 15.8 Å². The van der Waals surface area contributed by atoms with E-state index in [-0.39, 0.29) is 10.7 Å². The van der Waals surface area contributed by atoms with Gasteiger partial charge in [0, 0.05) is 12.1 Å². The first-order valence-corrected chi connectivity index (χ1v) is 9.65. The molecule has 0 unspecified atom stereocenters. The fourth-order valence-electron chi connectivity index (χ4n) is 3.08. The van der Waals surface area contributed by atoms with Crippen LogP contribution in [0.4, 0.5) is 0 Å². The molecule has 0 saturated carbocycles. The molecule has 24 heavy (non-hydrogen) atoms. The van der Waals surface area contributed by atoms with Gasteiger partial charge in [0.15, 0.2) is 5.78 Å². The molecule has 126 valence electrons. The zero-order chi connectivity index (χ0) is 17.2. The number of hydrogen-bond acceptors (Lipinski definition) is 3. The van der Waals surface area contributed by atoms with Crippen LogP contribution in [0.2, 0.25) is 0 Å². The first-order valence-electron chi connectivity index (χ1n) is 8.17. The summed E-state index contributed by atoms with van der Waals surface area (Å²) in [7, 11) is -3.60. The molecule has 5 heteroatoms. The molecule has 0 radical (unpaired) electrons. The third-order valence-electron chi connectivity index (χ3n) is 4.42. The molecular formula is C19H21NO3S. The maximum Gasteiger partial charge on any atom is 0.240 e. The lowest BCUT2D eigenvalue weighted by Crippen LogP contribution is -2.26. The van der Waals surface area contributed by atoms with Crippen LogP contribution in [0, 0.1) is 0 Å². The second-order valence-corrected chi connectivity index (χ2v) is 7.96. The minimum atomic E-state index is -3.60. The topological polar surface area (TPSA) is 63.2 Å². The van der Waals surface area contributed by atoms with E-state index in [1.54, 1.807) is 12.1 Å². The number of hydrogen-bond donors (Lipinski definition) is 1. The Morgan fingerprint density at radius 3 is 2.67 bits per heavy atom. The average molecular weight is 343 g/mol. The van der Waals surface area contributed by atoms with Crippen LogP contribution in [0.1, 0.15) is 40.4 Å². The van der Waals surface area contributed by atoms with Crippen molar-refractivity contribution in [1.82, 2.24) is 4.72 Å². The Morgan fingerprint density at radius 1 is 1.08 bits per heavy atom. The lowest BCUT2D eigenvalue weighted by molar-refractivity contribution is 0.101. The highest BCUT2D eigenvalue weighted by molar-refractivity contribution is 7.89. The van der Waals surface area contributed by atoms with Crippen LogP contribution in [-0.2, 0) is 29.3 Å². The molecule has 0 aliphatic heterocycles. The third kappa shape index (κ3) is 3.74. The van der Waals surface area contributed by atoms with Crippen molar-refractivity contribution in [3.05, 3.63) is 64.7 Å².